The third-order valence-corrected chi connectivity index (χ3v) is 6.56. The van der Waals surface area contributed by atoms with Crippen molar-refractivity contribution >= 4 is 38.8 Å². The van der Waals surface area contributed by atoms with Crippen LogP contribution >= 0.6 is 11.3 Å². The molecule has 0 spiro atoms. The topological polar surface area (TPSA) is 81.3 Å². The van der Waals surface area contributed by atoms with Gasteiger partial charge in [-0.25, -0.2) is 19.0 Å². The monoisotopic (exact) mass is 407 g/mol. The third kappa shape index (κ3) is 3.13. The first-order valence-electron chi connectivity index (χ1n) is 9.76. The standard InChI is InChI=1S/C21H21N5O2S/c1-12-7-13(2)9-14(8-12)23-17(27)10-25-21(28)24-19-18-15-5-3-4-6-16(15)29-20(18)22-11-26(19)25/h7-9,11H,3-6,10H2,1-2H3,(H,23,27). The van der Waals surface area contributed by atoms with Crippen molar-refractivity contribution in [1.82, 2.24) is 19.2 Å². The summed E-state index contributed by atoms with van der Waals surface area (Å²) in [6.07, 6.45) is 5.98. The number of nitrogens with one attached hydrogen (secondary N) is 1. The van der Waals surface area contributed by atoms with Gasteiger partial charge >= 0.3 is 5.69 Å². The fourth-order valence-corrected chi connectivity index (χ4v) is 5.42. The summed E-state index contributed by atoms with van der Waals surface area (Å²) in [7, 11) is 0. The zero-order chi connectivity index (χ0) is 20.1. The van der Waals surface area contributed by atoms with Gasteiger partial charge in [0.1, 0.15) is 17.7 Å². The van der Waals surface area contributed by atoms with Crippen molar-refractivity contribution in [1.29, 1.82) is 0 Å². The van der Waals surface area contributed by atoms with Crippen LogP contribution in [0.4, 0.5) is 5.69 Å². The molecule has 0 bridgehead atoms. The van der Waals surface area contributed by atoms with Crippen LogP contribution in [0.1, 0.15) is 34.4 Å². The molecule has 148 valence electrons. The van der Waals surface area contributed by atoms with Gasteiger partial charge in [0.05, 0.1) is 5.39 Å². The summed E-state index contributed by atoms with van der Waals surface area (Å²) >= 11 is 1.69. The maximum absolute atomic E-state index is 12.6. The molecule has 8 heteroatoms. The summed E-state index contributed by atoms with van der Waals surface area (Å²) in [5.41, 5.74) is 4.29. The third-order valence-electron chi connectivity index (χ3n) is 5.36. The minimum Gasteiger partial charge on any atom is -0.324 e. The minimum atomic E-state index is -0.439. The number of carbonyl (C=O) groups excluding carboxylic acids is 1. The molecule has 5 rings (SSSR count). The molecule has 1 aliphatic rings. The Morgan fingerprint density at radius 3 is 2.72 bits per heavy atom. The molecule has 1 N–H and O–H groups in total. The smallest absolute Gasteiger partial charge is 0.324 e. The van der Waals surface area contributed by atoms with Crippen molar-refractivity contribution in [3.05, 3.63) is 56.6 Å². The van der Waals surface area contributed by atoms with E-state index in [-0.39, 0.29) is 12.5 Å². The van der Waals surface area contributed by atoms with E-state index in [1.165, 1.54) is 21.5 Å². The second-order valence-electron chi connectivity index (χ2n) is 7.68. The first-order chi connectivity index (χ1) is 14.0. The minimum absolute atomic E-state index is 0.119. The summed E-state index contributed by atoms with van der Waals surface area (Å²) in [4.78, 5) is 36.3. The van der Waals surface area contributed by atoms with Crippen molar-refractivity contribution in [2.24, 2.45) is 0 Å². The number of aromatic nitrogens is 4. The molecule has 1 amide bonds. The lowest BCUT2D eigenvalue weighted by molar-refractivity contribution is -0.117. The molecule has 3 aromatic heterocycles. The van der Waals surface area contributed by atoms with Gasteiger partial charge in [0.25, 0.3) is 0 Å². The molecule has 0 unspecified atom stereocenters. The first kappa shape index (κ1) is 18.1. The van der Waals surface area contributed by atoms with Gasteiger partial charge in [-0.05, 0) is 68.4 Å². The number of anilines is 1. The largest absolute Gasteiger partial charge is 0.365 e. The van der Waals surface area contributed by atoms with E-state index < -0.39 is 5.69 Å². The molecule has 7 nitrogen and oxygen atoms in total. The predicted molar refractivity (Wildman–Crippen MR) is 114 cm³/mol. The van der Waals surface area contributed by atoms with E-state index >= 15 is 0 Å². The Bertz CT molecular complexity index is 1310. The SMILES string of the molecule is Cc1cc(C)cc(NC(=O)Cn2c(=O)nc3c4c5c(sc4ncn32)CCCC5)c1. The molecule has 0 saturated heterocycles. The number of benzene rings is 1. The fourth-order valence-electron chi connectivity index (χ4n) is 4.20. The molecule has 4 aromatic rings. The molecular weight excluding hydrogens is 386 g/mol. The van der Waals surface area contributed by atoms with Gasteiger partial charge in [-0.1, -0.05) is 6.07 Å². The van der Waals surface area contributed by atoms with Crippen LogP contribution in [-0.4, -0.2) is 25.1 Å². The zero-order valence-electron chi connectivity index (χ0n) is 16.4. The number of carbonyl (C=O) groups is 1. The van der Waals surface area contributed by atoms with E-state index in [0.717, 1.165) is 46.3 Å². The number of nitrogens with zero attached hydrogens (tertiary/aromatic N) is 4. The van der Waals surface area contributed by atoms with E-state index in [2.05, 4.69) is 15.3 Å². The van der Waals surface area contributed by atoms with Gasteiger partial charge in [0, 0.05) is 10.6 Å². The van der Waals surface area contributed by atoms with Crippen LogP contribution in [0, 0.1) is 13.8 Å². The Balaban J connectivity index is 1.52. The van der Waals surface area contributed by atoms with Gasteiger partial charge in [-0.15, -0.1) is 11.3 Å². The van der Waals surface area contributed by atoms with Crippen LogP contribution in [0.3, 0.4) is 0 Å². The average molecular weight is 407 g/mol. The van der Waals surface area contributed by atoms with Crippen LogP contribution in [0.5, 0.6) is 0 Å². The van der Waals surface area contributed by atoms with E-state index in [9.17, 15) is 9.59 Å². The molecule has 0 aliphatic heterocycles. The quantitative estimate of drug-likeness (QED) is 0.565. The zero-order valence-corrected chi connectivity index (χ0v) is 17.2. The molecular formula is C21H21N5O2S. The number of hydrogen-bond donors (Lipinski definition) is 1. The van der Waals surface area contributed by atoms with Gasteiger partial charge in [-0.2, -0.15) is 4.98 Å². The maximum atomic E-state index is 12.6. The van der Waals surface area contributed by atoms with Crippen molar-refractivity contribution < 1.29 is 4.79 Å². The summed E-state index contributed by atoms with van der Waals surface area (Å²) in [5.74, 6) is -0.272. The van der Waals surface area contributed by atoms with Crippen molar-refractivity contribution in [3.63, 3.8) is 0 Å². The summed E-state index contributed by atoms with van der Waals surface area (Å²) < 4.78 is 2.96. The number of aryl methyl sites for hydroxylation is 4. The highest BCUT2D eigenvalue weighted by atomic mass is 32.1. The lowest BCUT2D eigenvalue weighted by Gasteiger charge is -2.10. The number of rotatable bonds is 3. The molecule has 1 aliphatic carbocycles. The van der Waals surface area contributed by atoms with Gasteiger partial charge in [0.15, 0.2) is 5.65 Å². The van der Waals surface area contributed by atoms with E-state index in [1.54, 1.807) is 22.2 Å². The molecule has 1 aromatic carbocycles. The van der Waals surface area contributed by atoms with E-state index in [4.69, 9.17) is 0 Å². The molecule has 0 saturated carbocycles. The molecule has 0 atom stereocenters. The summed E-state index contributed by atoms with van der Waals surface area (Å²) in [6, 6.07) is 5.86. The van der Waals surface area contributed by atoms with Crippen LogP contribution in [-0.2, 0) is 24.2 Å². The lowest BCUT2D eigenvalue weighted by Crippen LogP contribution is -2.28. The Labute approximate surface area is 171 Å². The fraction of sp³-hybridized carbons (Fsp3) is 0.333. The Morgan fingerprint density at radius 1 is 1.17 bits per heavy atom. The van der Waals surface area contributed by atoms with Crippen LogP contribution in [0.15, 0.2) is 29.3 Å². The summed E-state index contributed by atoms with van der Waals surface area (Å²) in [5, 5.41) is 3.85. The highest BCUT2D eigenvalue weighted by Crippen LogP contribution is 2.36. The Kier molecular flexibility index (Phi) is 4.24. The average Bonchev–Trinajstić information content (AvgIpc) is 3.18. The Hall–Kier alpha value is -3.00. The maximum Gasteiger partial charge on any atom is 0.365 e. The Morgan fingerprint density at radius 2 is 1.93 bits per heavy atom. The molecule has 0 radical (unpaired) electrons. The normalized spacial score (nSPS) is 13.7. The summed E-state index contributed by atoms with van der Waals surface area (Å²) in [6.45, 7) is 3.85. The van der Waals surface area contributed by atoms with Gasteiger partial charge in [0.2, 0.25) is 5.91 Å². The van der Waals surface area contributed by atoms with E-state index in [0.29, 0.717) is 5.65 Å². The van der Waals surface area contributed by atoms with Crippen molar-refractivity contribution in [3.8, 4) is 0 Å². The van der Waals surface area contributed by atoms with Gasteiger partial charge in [-0.3, -0.25) is 4.79 Å². The van der Waals surface area contributed by atoms with Crippen molar-refractivity contribution in [2.45, 2.75) is 46.1 Å². The molecule has 3 heterocycles. The first-order valence-corrected chi connectivity index (χ1v) is 10.6. The number of hydrogen-bond acceptors (Lipinski definition) is 5. The van der Waals surface area contributed by atoms with E-state index in [1.807, 2.05) is 32.0 Å². The van der Waals surface area contributed by atoms with Crippen molar-refractivity contribution in [2.75, 3.05) is 5.32 Å². The van der Waals surface area contributed by atoms with Crippen LogP contribution in [0.2, 0.25) is 0 Å². The highest BCUT2D eigenvalue weighted by Gasteiger charge is 2.22. The van der Waals surface area contributed by atoms with Gasteiger partial charge < -0.3 is 5.32 Å². The predicted octanol–water partition coefficient (Wildman–Crippen LogP) is 3.24. The second kappa shape index (κ2) is 6.81. The number of fused-ring (bicyclic) bond motifs is 5. The second-order valence-corrected chi connectivity index (χ2v) is 8.76. The lowest BCUT2D eigenvalue weighted by atomic mass is 9.97. The molecule has 29 heavy (non-hydrogen) atoms. The number of thiophene rings is 1. The van der Waals surface area contributed by atoms with Crippen LogP contribution < -0.4 is 11.0 Å². The molecule has 0 fully saturated rings. The number of amides is 1. The van der Waals surface area contributed by atoms with Crippen LogP contribution in [0.25, 0.3) is 15.9 Å². The highest BCUT2D eigenvalue weighted by molar-refractivity contribution is 7.19.